The van der Waals surface area contributed by atoms with Gasteiger partial charge in [0, 0.05) is 19.6 Å². The first kappa shape index (κ1) is 12.8. The minimum atomic E-state index is -0.130. The van der Waals surface area contributed by atoms with Gasteiger partial charge in [-0.1, -0.05) is 6.07 Å². The van der Waals surface area contributed by atoms with Crippen molar-refractivity contribution in [2.45, 2.75) is 19.4 Å². The van der Waals surface area contributed by atoms with E-state index in [1.807, 2.05) is 18.2 Å². The number of pyridine rings is 1. The molecular formula is C13H19N3O2. The van der Waals surface area contributed by atoms with Crippen LogP contribution in [0, 0.1) is 5.92 Å². The summed E-state index contributed by atoms with van der Waals surface area (Å²) in [6.07, 6.45) is 1.87. The number of nitrogens with two attached hydrogens (primary N) is 1. The van der Waals surface area contributed by atoms with E-state index in [2.05, 4.69) is 9.88 Å². The Balaban J connectivity index is 2.10. The smallest absolute Gasteiger partial charge is 0.310 e. The first-order valence-electron chi connectivity index (χ1n) is 6.23. The van der Waals surface area contributed by atoms with Gasteiger partial charge in [-0.2, -0.15) is 0 Å². The molecule has 0 saturated carbocycles. The van der Waals surface area contributed by atoms with Crippen molar-refractivity contribution in [1.82, 2.24) is 4.98 Å². The molecule has 0 amide bonds. The molecule has 1 unspecified atom stereocenters. The van der Waals surface area contributed by atoms with Gasteiger partial charge in [-0.05, 0) is 25.0 Å². The number of esters is 1. The molecule has 1 aliphatic rings. The Morgan fingerprint density at radius 3 is 3.17 bits per heavy atom. The van der Waals surface area contributed by atoms with Gasteiger partial charge in [0.2, 0.25) is 0 Å². The number of methoxy groups -OCH3 is 1. The second-order valence-corrected chi connectivity index (χ2v) is 4.50. The third-order valence-corrected chi connectivity index (χ3v) is 3.28. The second-order valence-electron chi connectivity index (χ2n) is 4.50. The number of hydrogen-bond acceptors (Lipinski definition) is 5. The number of rotatable bonds is 3. The topological polar surface area (TPSA) is 68.5 Å². The van der Waals surface area contributed by atoms with E-state index in [0.29, 0.717) is 13.1 Å². The van der Waals surface area contributed by atoms with Crippen LogP contribution in [-0.4, -0.2) is 31.2 Å². The van der Waals surface area contributed by atoms with Gasteiger partial charge in [-0.15, -0.1) is 0 Å². The summed E-state index contributed by atoms with van der Waals surface area (Å²) in [5, 5.41) is 0. The molecule has 2 heterocycles. The number of carbonyl (C=O) groups is 1. The molecule has 2 rings (SSSR count). The first-order valence-corrected chi connectivity index (χ1v) is 6.23. The number of piperidine rings is 1. The summed E-state index contributed by atoms with van der Waals surface area (Å²) in [5.41, 5.74) is 6.46. The van der Waals surface area contributed by atoms with Crippen LogP contribution in [-0.2, 0) is 16.1 Å². The highest BCUT2D eigenvalue weighted by molar-refractivity contribution is 5.73. The van der Waals surface area contributed by atoms with Crippen molar-refractivity contribution in [3.8, 4) is 0 Å². The molecule has 5 nitrogen and oxygen atoms in total. The predicted octanol–water partition coefficient (Wildman–Crippen LogP) is 0.930. The van der Waals surface area contributed by atoms with E-state index in [9.17, 15) is 4.79 Å². The summed E-state index contributed by atoms with van der Waals surface area (Å²) < 4.78 is 4.81. The average molecular weight is 249 g/mol. The molecule has 0 aromatic carbocycles. The quantitative estimate of drug-likeness (QED) is 0.807. The molecule has 1 fully saturated rings. The summed E-state index contributed by atoms with van der Waals surface area (Å²) in [4.78, 5) is 18.2. The summed E-state index contributed by atoms with van der Waals surface area (Å²) in [6, 6.07) is 5.82. The minimum absolute atomic E-state index is 0.0490. The van der Waals surface area contributed by atoms with Crippen molar-refractivity contribution in [3.63, 3.8) is 0 Å². The molecular weight excluding hydrogens is 230 g/mol. The average Bonchev–Trinajstić information content (AvgIpc) is 2.46. The zero-order valence-corrected chi connectivity index (χ0v) is 10.6. The Hall–Kier alpha value is -1.62. The van der Waals surface area contributed by atoms with Crippen LogP contribution in [0.4, 0.5) is 5.82 Å². The standard InChI is InChI=1S/C13H19N3O2/c1-18-13(17)10-4-3-7-16(9-10)12-6-2-5-11(8-14)15-12/h2,5-6,10H,3-4,7-9,14H2,1H3. The third kappa shape index (κ3) is 2.79. The van der Waals surface area contributed by atoms with Crippen molar-refractivity contribution in [1.29, 1.82) is 0 Å². The summed E-state index contributed by atoms with van der Waals surface area (Å²) in [6.45, 7) is 2.03. The van der Waals surface area contributed by atoms with E-state index in [4.69, 9.17) is 10.5 Å². The van der Waals surface area contributed by atoms with Crippen LogP contribution in [0.5, 0.6) is 0 Å². The number of nitrogens with zero attached hydrogens (tertiary/aromatic N) is 2. The first-order chi connectivity index (χ1) is 8.74. The fourth-order valence-corrected chi connectivity index (χ4v) is 2.30. The zero-order valence-electron chi connectivity index (χ0n) is 10.6. The van der Waals surface area contributed by atoms with Crippen molar-refractivity contribution in [3.05, 3.63) is 23.9 Å². The normalized spacial score (nSPS) is 19.7. The summed E-state index contributed by atoms with van der Waals surface area (Å²) >= 11 is 0. The van der Waals surface area contributed by atoms with E-state index in [1.165, 1.54) is 7.11 Å². The van der Waals surface area contributed by atoms with Crippen molar-refractivity contribution >= 4 is 11.8 Å². The van der Waals surface area contributed by atoms with Gasteiger partial charge in [0.25, 0.3) is 0 Å². The van der Waals surface area contributed by atoms with Crippen LogP contribution in [0.2, 0.25) is 0 Å². The number of hydrogen-bond donors (Lipinski definition) is 1. The van der Waals surface area contributed by atoms with Gasteiger partial charge in [-0.25, -0.2) is 4.98 Å². The van der Waals surface area contributed by atoms with E-state index in [0.717, 1.165) is 30.9 Å². The van der Waals surface area contributed by atoms with Crippen LogP contribution in [0.25, 0.3) is 0 Å². The SMILES string of the molecule is COC(=O)C1CCCN(c2cccc(CN)n2)C1. The molecule has 0 spiro atoms. The van der Waals surface area contributed by atoms with Gasteiger partial charge in [0.15, 0.2) is 0 Å². The van der Waals surface area contributed by atoms with Gasteiger partial charge >= 0.3 is 5.97 Å². The number of aromatic nitrogens is 1. The highest BCUT2D eigenvalue weighted by Gasteiger charge is 2.27. The lowest BCUT2D eigenvalue weighted by Gasteiger charge is -2.32. The Kier molecular flexibility index (Phi) is 4.15. The number of ether oxygens (including phenoxy) is 1. The molecule has 0 aliphatic carbocycles. The third-order valence-electron chi connectivity index (χ3n) is 3.28. The second kappa shape index (κ2) is 5.82. The summed E-state index contributed by atoms with van der Waals surface area (Å²) in [5.74, 6) is 0.716. The van der Waals surface area contributed by atoms with Crippen molar-refractivity contribution < 1.29 is 9.53 Å². The number of carbonyl (C=O) groups excluding carboxylic acids is 1. The van der Waals surface area contributed by atoms with E-state index < -0.39 is 0 Å². The summed E-state index contributed by atoms with van der Waals surface area (Å²) in [7, 11) is 1.44. The maximum atomic E-state index is 11.6. The maximum Gasteiger partial charge on any atom is 0.310 e. The molecule has 98 valence electrons. The fraction of sp³-hybridized carbons (Fsp3) is 0.538. The molecule has 1 aliphatic heterocycles. The van der Waals surface area contributed by atoms with Crippen molar-refractivity contribution in [2.75, 3.05) is 25.1 Å². The molecule has 18 heavy (non-hydrogen) atoms. The lowest BCUT2D eigenvalue weighted by atomic mass is 9.98. The Labute approximate surface area is 107 Å². The van der Waals surface area contributed by atoms with Crippen LogP contribution < -0.4 is 10.6 Å². The predicted molar refractivity (Wildman–Crippen MR) is 69.1 cm³/mol. The molecule has 0 bridgehead atoms. The Morgan fingerprint density at radius 1 is 1.61 bits per heavy atom. The molecule has 2 N–H and O–H groups in total. The molecule has 5 heteroatoms. The van der Waals surface area contributed by atoms with Crippen LogP contribution in [0.15, 0.2) is 18.2 Å². The lowest BCUT2D eigenvalue weighted by molar-refractivity contribution is -0.145. The monoisotopic (exact) mass is 249 g/mol. The van der Waals surface area contributed by atoms with Crippen LogP contribution >= 0.6 is 0 Å². The fourth-order valence-electron chi connectivity index (χ4n) is 2.30. The highest BCUT2D eigenvalue weighted by Crippen LogP contribution is 2.22. The largest absolute Gasteiger partial charge is 0.469 e. The van der Waals surface area contributed by atoms with Crippen molar-refractivity contribution in [2.24, 2.45) is 11.7 Å². The molecule has 1 saturated heterocycles. The van der Waals surface area contributed by atoms with Gasteiger partial charge in [0.1, 0.15) is 5.82 Å². The lowest BCUT2D eigenvalue weighted by Crippen LogP contribution is -2.39. The minimum Gasteiger partial charge on any atom is -0.469 e. The van der Waals surface area contributed by atoms with Gasteiger partial charge in [0.05, 0.1) is 18.7 Å². The van der Waals surface area contributed by atoms with E-state index in [1.54, 1.807) is 0 Å². The molecule has 1 aromatic heterocycles. The Morgan fingerprint density at radius 2 is 2.44 bits per heavy atom. The van der Waals surface area contributed by atoms with Gasteiger partial charge < -0.3 is 15.4 Å². The molecule has 0 radical (unpaired) electrons. The van der Waals surface area contributed by atoms with Gasteiger partial charge in [-0.3, -0.25) is 4.79 Å². The van der Waals surface area contributed by atoms with E-state index >= 15 is 0 Å². The Bertz CT molecular complexity index is 422. The zero-order chi connectivity index (χ0) is 13.0. The van der Waals surface area contributed by atoms with Crippen LogP contribution in [0.3, 0.4) is 0 Å². The number of anilines is 1. The molecule has 1 aromatic rings. The maximum absolute atomic E-state index is 11.6. The highest BCUT2D eigenvalue weighted by atomic mass is 16.5. The van der Waals surface area contributed by atoms with E-state index in [-0.39, 0.29) is 11.9 Å². The van der Waals surface area contributed by atoms with Crippen LogP contribution in [0.1, 0.15) is 18.5 Å². The molecule has 1 atom stereocenters.